The third kappa shape index (κ3) is 7.64. The number of carbonyl (C=O) groups is 3. The van der Waals surface area contributed by atoms with Gasteiger partial charge < -0.3 is 14.0 Å². The highest BCUT2D eigenvalue weighted by Gasteiger charge is 2.46. The van der Waals surface area contributed by atoms with E-state index in [0.29, 0.717) is 45.2 Å². The Hall–Kier alpha value is -2.22. The number of carbonyl (C=O) groups excluding carboxylic acids is 3. The summed E-state index contributed by atoms with van der Waals surface area (Å²) in [4.78, 5) is 39.0. The second-order valence-corrected chi connectivity index (χ2v) is 11.9. The van der Waals surface area contributed by atoms with Gasteiger partial charge in [0.15, 0.2) is 6.04 Å². The first-order valence-corrected chi connectivity index (χ1v) is 15.0. The number of benzene rings is 1. The average molecular weight is 523 g/mol. The molecule has 1 aromatic rings. The molecule has 2 aliphatic rings. The predicted octanol–water partition coefficient (Wildman–Crippen LogP) is 4.01. The minimum Gasteiger partial charge on any atom is -0.464 e. The molecule has 2 aliphatic heterocycles. The summed E-state index contributed by atoms with van der Waals surface area (Å²) in [6.45, 7) is 5.44. The summed E-state index contributed by atoms with van der Waals surface area (Å²) in [6.07, 6.45) is 3.30. The molecule has 2 fully saturated rings. The average Bonchev–Trinajstić information content (AvgIpc) is 2.99. The normalized spacial score (nSPS) is 22.1. The van der Waals surface area contributed by atoms with Gasteiger partial charge in [0, 0.05) is 37.8 Å². The summed E-state index contributed by atoms with van der Waals surface area (Å²) >= 11 is 0. The lowest BCUT2D eigenvalue weighted by atomic mass is 10.0. The Morgan fingerprint density at radius 2 is 1.86 bits per heavy atom. The van der Waals surface area contributed by atoms with Gasteiger partial charge in [-0.1, -0.05) is 30.3 Å². The van der Waals surface area contributed by atoms with Gasteiger partial charge in [0.1, 0.15) is 0 Å². The van der Waals surface area contributed by atoms with E-state index in [0.717, 1.165) is 12.0 Å². The number of fused-ring (bicyclic) bond motifs is 1. The van der Waals surface area contributed by atoms with Gasteiger partial charge in [-0.2, -0.15) is 0 Å². The van der Waals surface area contributed by atoms with E-state index in [9.17, 15) is 18.9 Å². The van der Waals surface area contributed by atoms with E-state index in [2.05, 4.69) is 0 Å². The summed E-state index contributed by atoms with van der Waals surface area (Å²) < 4.78 is 30.4. The number of amides is 2. The van der Waals surface area contributed by atoms with Gasteiger partial charge in [-0.3, -0.25) is 19.2 Å². The molecule has 0 saturated carbocycles. The van der Waals surface area contributed by atoms with Crippen LogP contribution in [0.4, 0.5) is 0 Å². The maximum atomic E-state index is 13.7. The van der Waals surface area contributed by atoms with Crippen LogP contribution < -0.4 is 0 Å². The molecule has 9 nitrogen and oxygen atoms in total. The lowest BCUT2D eigenvalue weighted by Gasteiger charge is -2.42. The number of hydrazine groups is 1. The van der Waals surface area contributed by atoms with Crippen molar-refractivity contribution in [3.63, 3.8) is 0 Å². The number of rotatable bonds is 13. The van der Waals surface area contributed by atoms with Gasteiger partial charge >= 0.3 is 5.97 Å². The first-order chi connectivity index (χ1) is 17.4. The second kappa shape index (κ2) is 13.9. The molecule has 2 heterocycles. The van der Waals surface area contributed by atoms with Crippen molar-refractivity contribution in [3.05, 3.63) is 35.9 Å². The van der Waals surface area contributed by atoms with Crippen LogP contribution in [0, 0.1) is 5.92 Å². The zero-order valence-electron chi connectivity index (χ0n) is 21.4. The summed E-state index contributed by atoms with van der Waals surface area (Å²) in [5.41, 5.74) is 1.10. The maximum Gasteiger partial charge on any atom is 0.330 e. The molecule has 10 heteroatoms. The maximum absolute atomic E-state index is 13.7. The van der Waals surface area contributed by atoms with Crippen LogP contribution in [0.3, 0.4) is 0 Å². The molecule has 0 aliphatic carbocycles. The smallest absolute Gasteiger partial charge is 0.330 e. The molecule has 0 radical (unpaired) electrons. The third-order valence-electron chi connectivity index (χ3n) is 6.54. The van der Waals surface area contributed by atoms with Gasteiger partial charge in [-0.15, -0.1) is 0 Å². The van der Waals surface area contributed by atoms with Gasteiger partial charge in [-0.25, -0.2) is 9.80 Å². The van der Waals surface area contributed by atoms with E-state index >= 15 is 0 Å². The molecular formula is C26H39N2O7P. The fourth-order valence-electron chi connectivity index (χ4n) is 4.81. The van der Waals surface area contributed by atoms with E-state index in [1.54, 1.807) is 13.8 Å². The Bertz CT molecular complexity index is 926. The van der Waals surface area contributed by atoms with Crippen molar-refractivity contribution in [3.8, 4) is 0 Å². The van der Waals surface area contributed by atoms with Crippen molar-refractivity contribution in [1.29, 1.82) is 0 Å². The molecule has 0 aromatic heterocycles. The molecule has 0 N–H and O–H groups in total. The van der Waals surface area contributed by atoms with Gasteiger partial charge in [0.05, 0.1) is 19.8 Å². The molecule has 0 bridgehead atoms. The first kappa shape index (κ1) is 28.4. The number of ether oxygens (including phenoxy) is 2. The van der Waals surface area contributed by atoms with E-state index in [-0.39, 0.29) is 44.0 Å². The van der Waals surface area contributed by atoms with Crippen molar-refractivity contribution in [2.75, 3.05) is 38.7 Å². The predicted molar refractivity (Wildman–Crippen MR) is 135 cm³/mol. The molecule has 2 amide bonds. The van der Waals surface area contributed by atoms with Crippen LogP contribution >= 0.6 is 7.37 Å². The Labute approximate surface area is 213 Å². The van der Waals surface area contributed by atoms with Gasteiger partial charge in [-0.05, 0) is 51.5 Å². The first-order valence-electron chi connectivity index (χ1n) is 13.0. The van der Waals surface area contributed by atoms with E-state index in [1.807, 2.05) is 30.3 Å². The highest BCUT2D eigenvalue weighted by atomic mass is 31.2. The van der Waals surface area contributed by atoms with Crippen molar-refractivity contribution in [2.45, 2.75) is 65.0 Å². The molecule has 36 heavy (non-hydrogen) atoms. The number of hydrogen-bond donors (Lipinski definition) is 0. The number of hydrogen-bond acceptors (Lipinski definition) is 7. The third-order valence-corrected chi connectivity index (χ3v) is 9.27. The molecule has 1 unspecified atom stereocenters. The van der Waals surface area contributed by atoms with Crippen LogP contribution in [-0.2, 0) is 39.6 Å². The molecule has 0 spiro atoms. The fourth-order valence-corrected chi connectivity index (χ4v) is 7.42. The molecular weight excluding hydrogens is 483 g/mol. The van der Waals surface area contributed by atoms with Crippen molar-refractivity contribution >= 4 is 25.2 Å². The van der Waals surface area contributed by atoms with E-state index in [1.165, 1.54) is 10.0 Å². The van der Waals surface area contributed by atoms with Crippen LogP contribution in [-0.4, -0.2) is 72.5 Å². The van der Waals surface area contributed by atoms with Gasteiger partial charge in [0.25, 0.3) is 0 Å². The Balaban J connectivity index is 1.60. The zero-order chi connectivity index (χ0) is 26.0. The number of nitrogens with zero attached hydrogens (tertiary/aromatic N) is 2. The van der Waals surface area contributed by atoms with Crippen molar-refractivity contribution in [2.24, 2.45) is 5.92 Å². The van der Waals surface area contributed by atoms with Crippen LogP contribution in [0.25, 0.3) is 0 Å². The highest BCUT2D eigenvalue weighted by molar-refractivity contribution is 7.59. The lowest BCUT2D eigenvalue weighted by molar-refractivity contribution is -0.183. The second-order valence-electron chi connectivity index (χ2n) is 9.23. The quantitative estimate of drug-likeness (QED) is 0.219. The summed E-state index contributed by atoms with van der Waals surface area (Å²) in [6, 6.07) is 9.09. The summed E-state index contributed by atoms with van der Waals surface area (Å²) in [5, 5.41) is 2.68. The molecule has 2 saturated heterocycles. The Morgan fingerprint density at radius 3 is 2.58 bits per heavy atom. The van der Waals surface area contributed by atoms with Crippen LogP contribution in [0.15, 0.2) is 30.3 Å². The SMILES string of the molecule is CCOC(=O)[C@@H]1CCCN2C(=O)CC[C@H](CP(=O)(CCCCOCc3ccccc3)OCC)C(=O)N12. The number of unbranched alkanes of at least 4 members (excludes halogenated alkanes) is 1. The minimum atomic E-state index is -3.12. The Kier molecular flexibility index (Phi) is 11.0. The molecule has 3 atom stereocenters. The molecule has 1 aromatic carbocycles. The standard InChI is InChI=1S/C26H39N2O7P/c1-3-34-26(31)23-13-10-16-27-24(29)15-14-22(25(30)28(23)27)20-36(32,35-4-2)18-9-8-17-33-19-21-11-6-5-7-12-21/h5-7,11-12,22-23H,3-4,8-10,13-20H2,1-2H3/t22-,23+,36?/m1/s1. The lowest BCUT2D eigenvalue weighted by Crippen LogP contribution is -2.60. The molecule has 3 rings (SSSR count). The van der Waals surface area contributed by atoms with Crippen molar-refractivity contribution < 1.29 is 32.9 Å². The van der Waals surface area contributed by atoms with Crippen LogP contribution in [0.2, 0.25) is 0 Å². The summed E-state index contributed by atoms with van der Waals surface area (Å²) in [7, 11) is -3.12. The Morgan fingerprint density at radius 1 is 1.08 bits per heavy atom. The monoisotopic (exact) mass is 522 g/mol. The van der Waals surface area contributed by atoms with Crippen molar-refractivity contribution in [1.82, 2.24) is 10.0 Å². The van der Waals surface area contributed by atoms with Gasteiger partial charge in [0.2, 0.25) is 19.2 Å². The minimum absolute atomic E-state index is 0.0672. The largest absolute Gasteiger partial charge is 0.464 e. The van der Waals surface area contributed by atoms with E-state index < -0.39 is 25.3 Å². The summed E-state index contributed by atoms with van der Waals surface area (Å²) in [5.74, 6) is -1.69. The van der Waals surface area contributed by atoms with Crippen LogP contribution in [0.5, 0.6) is 0 Å². The highest BCUT2D eigenvalue weighted by Crippen LogP contribution is 2.50. The zero-order valence-corrected chi connectivity index (χ0v) is 22.3. The van der Waals surface area contributed by atoms with E-state index in [4.69, 9.17) is 14.0 Å². The topological polar surface area (TPSA) is 102 Å². The molecule has 200 valence electrons. The van der Waals surface area contributed by atoms with Crippen LogP contribution in [0.1, 0.15) is 57.9 Å². The number of esters is 1. The fraction of sp³-hybridized carbons (Fsp3) is 0.654.